The Morgan fingerprint density at radius 1 is 0.288 bits per heavy atom. The second-order valence-corrected chi connectivity index (χ2v) is 22.6. The molecule has 0 aliphatic carbocycles. The van der Waals surface area contributed by atoms with E-state index in [1.165, 1.54) is 81.2 Å². The molecule has 0 fully saturated rings. The lowest BCUT2D eigenvalue weighted by Gasteiger charge is -2.34. The SMILES string of the molecule is c1ccc(-c2cc3ccccc3cc2-c2ccc(N(c3ccc(-c4cccc([Si](c5ccccc5)(c5ccccc5)c5ccccc5)c4)cc3)c3cccc4c3c3ccccc3n4-c3ccccc3)cc2)cc1. The summed E-state index contributed by atoms with van der Waals surface area (Å²) in [4.78, 5) is 2.45. The van der Waals surface area contributed by atoms with E-state index in [-0.39, 0.29) is 0 Å². The van der Waals surface area contributed by atoms with Crippen LogP contribution >= 0.6 is 0 Å². The minimum absolute atomic E-state index is 1.08. The van der Waals surface area contributed by atoms with Gasteiger partial charge >= 0.3 is 0 Å². The third-order valence-corrected chi connectivity index (χ3v) is 19.5. The van der Waals surface area contributed by atoms with Crippen molar-refractivity contribution in [2.24, 2.45) is 0 Å². The molecule has 0 aliphatic heterocycles. The maximum Gasteiger partial charge on any atom is 0.179 e. The maximum absolute atomic E-state index is 2.73. The van der Waals surface area contributed by atoms with Gasteiger partial charge in [-0.05, 0) is 132 Å². The molecule has 12 aromatic carbocycles. The smallest absolute Gasteiger partial charge is 0.179 e. The molecule has 1 heterocycles. The number of nitrogens with zero attached hydrogens (tertiary/aromatic N) is 2. The molecule has 0 saturated heterocycles. The maximum atomic E-state index is 2.46. The number of rotatable bonds is 11. The fourth-order valence-electron chi connectivity index (χ4n) is 11.4. The van der Waals surface area contributed by atoms with Crippen LogP contribution in [0.25, 0.3) is 71.6 Å². The molecule has 3 heteroatoms. The van der Waals surface area contributed by atoms with Crippen LogP contribution in [0, 0.1) is 0 Å². The number of anilines is 3. The van der Waals surface area contributed by atoms with Crippen molar-refractivity contribution in [1.29, 1.82) is 0 Å². The van der Waals surface area contributed by atoms with E-state index in [1.54, 1.807) is 0 Å². The number of fused-ring (bicyclic) bond motifs is 4. The Kier molecular flexibility index (Phi) is 11.3. The summed E-state index contributed by atoms with van der Waals surface area (Å²) in [6.07, 6.45) is 0. The van der Waals surface area contributed by atoms with E-state index in [4.69, 9.17) is 0 Å². The number of hydrogen-bond donors (Lipinski definition) is 0. The average molecular weight is 947 g/mol. The van der Waals surface area contributed by atoms with Gasteiger partial charge in [-0.25, -0.2) is 0 Å². The summed E-state index contributed by atoms with van der Waals surface area (Å²) in [6, 6.07) is 112. The van der Waals surface area contributed by atoms with Gasteiger partial charge in [-0.3, -0.25) is 0 Å². The molecule has 0 N–H and O–H groups in total. The van der Waals surface area contributed by atoms with Crippen molar-refractivity contribution in [2.75, 3.05) is 4.90 Å². The van der Waals surface area contributed by atoms with Crippen LogP contribution in [-0.2, 0) is 0 Å². The van der Waals surface area contributed by atoms with Gasteiger partial charge in [0.05, 0.1) is 16.7 Å². The molecule has 0 unspecified atom stereocenters. The first-order valence-electron chi connectivity index (χ1n) is 25.2. The van der Waals surface area contributed by atoms with Crippen LogP contribution in [-0.4, -0.2) is 12.6 Å². The van der Waals surface area contributed by atoms with Gasteiger partial charge in [0.25, 0.3) is 0 Å². The highest BCUT2D eigenvalue weighted by Gasteiger charge is 2.41. The normalized spacial score (nSPS) is 11.6. The first-order chi connectivity index (χ1) is 36.2. The molecule has 0 radical (unpaired) electrons. The van der Waals surface area contributed by atoms with Gasteiger partial charge < -0.3 is 9.47 Å². The largest absolute Gasteiger partial charge is 0.310 e. The highest BCUT2D eigenvalue weighted by molar-refractivity contribution is 7.19. The Morgan fingerprint density at radius 2 is 0.712 bits per heavy atom. The summed E-state index contributed by atoms with van der Waals surface area (Å²) < 4.78 is 2.40. The molecular weight excluding hydrogens is 897 g/mol. The van der Waals surface area contributed by atoms with Gasteiger partial charge in [0.2, 0.25) is 0 Å². The molecule has 0 saturated carbocycles. The predicted molar refractivity (Wildman–Crippen MR) is 313 cm³/mol. The highest BCUT2D eigenvalue weighted by Crippen LogP contribution is 2.45. The Morgan fingerprint density at radius 3 is 1.29 bits per heavy atom. The summed E-state index contributed by atoms with van der Waals surface area (Å²) in [5.41, 5.74) is 13.9. The summed E-state index contributed by atoms with van der Waals surface area (Å²) in [6.45, 7) is 0. The van der Waals surface area contributed by atoms with Gasteiger partial charge in [-0.2, -0.15) is 0 Å². The first kappa shape index (κ1) is 43.7. The molecule has 1 aromatic heterocycles. The van der Waals surface area contributed by atoms with Crippen LogP contribution < -0.4 is 25.6 Å². The molecular formula is C70H50N2Si. The van der Waals surface area contributed by atoms with Crippen molar-refractivity contribution >= 4 is 78.5 Å². The van der Waals surface area contributed by atoms with E-state index in [1.807, 2.05) is 0 Å². The van der Waals surface area contributed by atoms with Crippen LogP contribution in [0.1, 0.15) is 0 Å². The van der Waals surface area contributed by atoms with Gasteiger partial charge in [-0.15, -0.1) is 0 Å². The molecule has 0 bridgehead atoms. The zero-order chi connectivity index (χ0) is 48.6. The average Bonchev–Trinajstić information content (AvgIpc) is 3.82. The number of para-hydroxylation sites is 2. The van der Waals surface area contributed by atoms with Crippen molar-refractivity contribution in [1.82, 2.24) is 4.57 Å². The van der Waals surface area contributed by atoms with Crippen LogP contribution in [0.2, 0.25) is 0 Å². The summed E-state index contributed by atoms with van der Waals surface area (Å²) in [5, 5.41) is 10.3. The molecule has 13 aromatic rings. The third kappa shape index (κ3) is 7.75. The molecule has 13 rings (SSSR count). The molecule has 0 spiro atoms. The van der Waals surface area contributed by atoms with E-state index < -0.39 is 8.07 Å². The molecule has 0 aliphatic rings. The first-order valence-corrected chi connectivity index (χ1v) is 27.2. The van der Waals surface area contributed by atoms with Crippen molar-refractivity contribution in [3.8, 4) is 39.1 Å². The quantitative estimate of drug-likeness (QED) is 0.0926. The Hall–Kier alpha value is -9.28. The lowest BCUT2D eigenvalue weighted by molar-refractivity contribution is 1.18. The molecule has 0 atom stereocenters. The minimum Gasteiger partial charge on any atom is -0.310 e. The van der Waals surface area contributed by atoms with Crippen molar-refractivity contribution in [2.45, 2.75) is 0 Å². The van der Waals surface area contributed by atoms with Gasteiger partial charge in [0.15, 0.2) is 8.07 Å². The van der Waals surface area contributed by atoms with Crippen molar-refractivity contribution in [3.63, 3.8) is 0 Å². The fourth-order valence-corrected chi connectivity index (χ4v) is 16.2. The van der Waals surface area contributed by atoms with Crippen LogP contribution in [0.4, 0.5) is 17.1 Å². The fraction of sp³-hybridized carbons (Fsp3) is 0. The van der Waals surface area contributed by atoms with Gasteiger partial charge in [0.1, 0.15) is 0 Å². The number of aromatic nitrogens is 1. The van der Waals surface area contributed by atoms with Gasteiger partial charge in [-0.1, -0.05) is 237 Å². The zero-order valence-electron chi connectivity index (χ0n) is 40.3. The van der Waals surface area contributed by atoms with Crippen LogP contribution in [0.15, 0.2) is 303 Å². The monoisotopic (exact) mass is 946 g/mol. The van der Waals surface area contributed by atoms with E-state index >= 15 is 0 Å². The summed E-state index contributed by atoms with van der Waals surface area (Å²) in [5.74, 6) is 0. The predicted octanol–water partition coefficient (Wildman–Crippen LogP) is 15.8. The molecule has 73 heavy (non-hydrogen) atoms. The van der Waals surface area contributed by atoms with E-state index in [0.717, 1.165) is 28.3 Å². The highest BCUT2D eigenvalue weighted by atomic mass is 28.3. The number of benzene rings is 12. The van der Waals surface area contributed by atoms with E-state index in [9.17, 15) is 0 Å². The van der Waals surface area contributed by atoms with Gasteiger partial charge in [0, 0.05) is 27.8 Å². The van der Waals surface area contributed by atoms with E-state index in [0.29, 0.717) is 0 Å². The second kappa shape index (κ2) is 18.8. The molecule has 0 amide bonds. The Balaban J connectivity index is 0.973. The summed E-state index contributed by atoms with van der Waals surface area (Å²) in [7, 11) is -2.73. The molecule has 344 valence electrons. The number of hydrogen-bond acceptors (Lipinski definition) is 1. The van der Waals surface area contributed by atoms with Crippen molar-refractivity contribution in [3.05, 3.63) is 303 Å². The van der Waals surface area contributed by atoms with Crippen LogP contribution in [0.5, 0.6) is 0 Å². The third-order valence-electron chi connectivity index (χ3n) is 14.7. The topological polar surface area (TPSA) is 8.17 Å². The molecule has 2 nitrogen and oxygen atoms in total. The lowest BCUT2D eigenvalue weighted by Crippen LogP contribution is -2.74. The van der Waals surface area contributed by atoms with Crippen LogP contribution in [0.3, 0.4) is 0 Å². The lowest BCUT2D eigenvalue weighted by atomic mass is 9.91. The van der Waals surface area contributed by atoms with E-state index in [2.05, 4.69) is 313 Å². The minimum atomic E-state index is -2.73. The van der Waals surface area contributed by atoms with Crippen molar-refractivity contribution < 1.29 is 0 Å². The summed E-state index contributed by atoms with van der Waals surface area (Å²) >= 11 is 0. The second-order valence-electron chi connectivity index (χ2n) is 18.8. The Labute approximate surface area is 428 Å². The standard InChI is InChI=1S/C70H50N2Si/c1-6-22-52(23-7-1)65-49-55-24-16-17-25-56(55)50-66(65)53-42-46-59(47-43-53)71(68-38-21-39-69-70(68)64-36-18-19-37-67(64)72(69)57-27-8-2-9-28-57)58-44-40-51(41-45-58)54-26-20-35-63(48-54)73(60-29-10-3-11-30-60,61-31-12-4-13-32-61)62-33-14-5-15-34-62/h1-50H. The Bertz CT molecular complexity index is 3940. The zero-order valence-corrected chi connectivity index (χ0v) is 41.3.